The second-order valence-electron chi connectivity index (χ2n) is 5.86. The van der Waals surface area contributed by atoms with Crippen molar-refractivity contribution in [2.24, 2.45) is 16.7 Å². The lowest BCUT2D eigenvalue weighted by molar-refractivity contribution is -0.199. The molecule has 0 aromatic heterocycles. The average Bonchev–Trinajstić information content (AvgIpc) is 2.58. The maximum Gasteiger partial charge on any atom is 0.250 e. The Morgan fingerprint density at radius 2 is 1.80 bits per heavy atom. The molecule has 3 heteroatoms. The fourth-order valence-electron chi connectivity index (χ4n) is 2.73. The van der Waals surface area contributed by atoms with Crippen LogP contribution in [0, 0.1) is 16.7 Å². The van der Waals surface area contributed by atoms with Crippen molar-refractivity contribution in [1.82, 2.24) is 5.06 Å². The Morgan fingerprint density at radius 3 is 2.20 bits per heavy atom. The zero-order valence-electron chi connectivity index (χ0n) is 10.2. The molecule has 86 valence electrons. The topological polar surface area (TPSA) is 29.5 Å². The maximum absolute atomic E-state index is 12.2. The summed E-state index contributed by atoms with van der Waals surface area (Å²) < 4.78 is 0. The Morgan fingerprint density at radius 1 is 1.20 bits per heavy atom. The van der Waals surface area contributed by atoms with Crippen molar-refractivity contribution in [3.8, 4) is 0 Å². The second-order valence-corrected chi connectivity index (χ2v) is 5.86. The molecule has 2 aliphatic rings. The largest absolute Gasteiger partial charge is 0.272 e. The smallest absolute Gasteiger partial charge is 0.250 e. The van der Waals surface area contributed by atoms with Crippen LogP contribution >= 0.6 is 0 Å². The first-order valence-electron chi connectivity index (χ1n) is 5.83. The molecule has 0 N–H and O–H groups in total. The van der Waals surface area contributed by atoms with Crippen LogP contribution < -0.4 is 0 Å². The van der Waals surface area contributed by atoms with Crippen LogP contribution in [0.2, 0.25) is 0 Å². The highest BCUT2D eigenvalue weighted by molar-refractivity contribution is 5.83. The van der Waals surface area contributed by atoms with Crippen LogP contribution in [0.3, 0.4) is 0 Å². The lowest BCUT2D eigenvalue weighted by Gasteiger charge is -2.26. The van der Waals surface area contributed by atoms with Crippen LogP contribution in [0.15, 0.2) is 0 Å². The molecule has 0 aromatic rings. The van der Waals surface area contributed by atoms with Gasteiger partial charge in [0.05, 0.1) is 12.5 Å². The van der Waals surface area contributed by atoms with E-state index < -0.39 is 0 Å². The minimum atomic E-state index is 0.116. The van der Waals surface area contributed by atoms with E-state index in [4.69, 9.17) is 4.84 Å². The Kier molecular flexibility index (Phi) is 2.34. The normalized spacial score (nSPS) is 28.9. The van der Waals surface area contributed by atoms with Gasteiger partial charge in [-0.2, -0.15) is 0 Å². The van der Waals surface area contributed by atoms with Gasteiger partial charge in [-0.25, -0.2) is 5.06 Å². The van der Waals surface area contributed by atoms with Crippen molar-refractivity contribution in [3.63, 3.8) is 0 Å². The highest BCUT2D eigenvalue weighted by Gasteiger charge is 2.69. The number of nitrogens with zero attached hydrogens (tertiary/aromatic N) is 1. The first-order valence-corrected chi connectivity index (χ1v) is 5.83. The Bertz CT molecular complexity index is 263. The van der Waals surface area contributed by atoms with Gasteiger partial charge < -0.3 is 0 Å². The van der Waals surface area contributed by atoms with Crippen molar-refractivity contribution >= 4 is 5.91 Å². The van der Waals surface area contributed by atoms with E-state index in [0.29, 0.717) is 6.61 Å². The summed E-state index contributed by atoms with van der Waals surface area (Å²) >= 11 is 0. The van der Waals surface area contributed by atoms with E-state index in [2.05, 4.69) is 27.7 Å². The van der Waals surface area contributed by atoms with Crippen molar-refractivity contribution < 1.29 is 9.63 Å². The summed E-state index contributed by atoms with van der Waals surface area (Å²) in [7, 11) is 0. The standard InChI is InChI=1S/C12H21NO2/c1-11(2)9(12(11,3)4)10(14)13-7-5-6-8-15-13/h9H,5-8H2,1-4H3. The Balaban J connectivity index is 2.04. The van der Waals surface area contributed by atoms with Gasteiger partial charge in [-0.3, -0.25) is 9.63 Å². The SMILES string of the molecule is CC1(C)C(C(=O)N2CCCCO2)C1(C)C. The highest BCUT2D eigenvalue weighted by atomic mass is 16.7. The highest BCUT2D eigenvalue weighted by Crippen LogP contribution is 2.68. The fourth-order valence-corrected chi connectivity index (χ4v) is 2.73. The molecule has 0 atom stereocenters. The van der Waals surface area contributed by atoms with Gasteiger partial charge in [0.15, 0.2) is 0 Å². The average molecular weight is 211 g/mol. The molecule has 2 fully saturated rings. The minimum Gasteiger partial charge on any atom is -0.272 e. The van der Waals surface area contributed by atoms with Crippen LogP contribution in [-0.2, 0) is 9.63 Å². The molecule has 0 radical (unpaired) electrons. The third-order valence-corrected chi connectivity index (χ3v) is 4.52. The maximum atomic E-state index is 12.2. The van der Waals surface area contributed by atoms with Crippen LogP contribution in [0.5, 0.6) is 0 Å². The number of carbonyl (C=O) groups is 1. The monoisotopic (exact) mass is 211 g/mol. The van der Waals surface area contributed by atoms with E-state index in [1.165, 1.54) is 0 Å². The van der Waals surface area contributed by atoms with Gasteiger partial charge in [0.1, 0.15) is 0 Å². The molecule has 1 aliphatic carbocycles. The Labute approximate surface area is 91.7 Å². The summed E-state index contributed by atoms with van der Waals surface area (Å²) in [6.07, 6.45) is 2.14. The lowest BCUT2D eigenvalue weighted by Crippen LogP contribution is -2.38. The minimum absolute atomic E-state index is 0.116. The first kappa shape index (κ1) is 10.9. The summed E-state index contributed by atoms with van der Waals surface area (Å²) in [6.45, 7) is 10.1. The molecule has 15 heavy (non-hydrogen) atoms. The quantitative estimate of drug-likeness (QED) is 0.665. The molecule has 1 aliphatic heterocycles. The van der Waals surface area contributed by atoms with E-state index in [9.17, 15) is 4.79 Å². The number of carbonyl (C=O) groups excluding carboxylic acids is 1. The molecular weight excluding hydrogens is 190 g/mol. The number of rotatable bonds is 1. The van der Waals surface area contributed by atoms with Crippen LogP contribution in [0.4, 0.5) is 0 Å². The number of hydrogen-bond acceptors (Lipinski definition) is 2. The molecule has 0 aromatic carbocycles. The molecule has 3 nitrogen and oxygen atoms in total. The first-order chi connectivity index (χ1) is 6.89. The Hall–Kier alpha value is -0.570. The molecule has 0 unspecified atom stereocenters. The van der Waals surface area contributed by atoms with Gasteiger partial charge in [0.25, 0.3) is 0 Å². The fraction of sp³-hybridized carbons (Fsp3) is 0.917. The third kappa shape index (κ3) is 1.48. The number of amides is 1. The van der Waals surface area contributed by atoms with Gasteiger partial charge >= 0.3 is 0 Å². The predicted molar refractivity (Wildman–Crippen MR) is 58.0 cm³/mol. The molecule has 1 heterocycles. The van der Waals surface area contributed by atoms with E-state index in [0.717, 1.165) is 19.4 Å². The van der Waals surface area contributed by atoms with E-state index >= 15 is 0 Å². The van der Waals surface area contributed by atoms with Gasteiger partial charge in [-0.05, 0) is 23.7 Å². The predicted octanol–water partition coefficient (Wildman–Crippen LogP) is 2.22. The van der Waals surface area contributed by atoms with Gasteiger partial charge in [-0.15, -0.1) is 0 Å². The van der Waals surface area contributed by atoms with Crippen LogP contribution in [-0.4, -0.2) is 24.1 Å². The van der Waals surface area contributed by atoms with Crippen molar-refractivity contribution in [2.75, 3.05) is 13.2 Å². The lowest BCUT2D eigenvalue weighted by atomic mass is 10.0. The number of hydrogen-bond donors (Lipinski definition) is 0. The summed E-state index contributed by atoms with van der Waals surface area (Å²) in [5.74, 6) is 0.313. The van der Waals surface area contributed by atoms with Crippen LogP contribution in [0.1, 0.15) is 40.5 Å². The summed E-state index contributed by atoms with van der Waals surface area (Å²) in [4.78, 5) is 17.6. The molecule has 0 spiro atoms. The summed E-state index contributed by atoms with van der Waals surface area (Å²) in [5, 5.41) is 1.59. The van der Waals surface area contributed by atoms with Crippen molar-refractivity contribution in [2.45, 2.75) is 40.5 Å². The molecule has 2 rings (SSSR count). The van der Waals surface area contributed by atoms with Crippen LogP contribution in [0.25, 0.3) is 0 Å². The zero-order chi connectivity index (χ0) is 11.3. The molecule has 1 saturated carbocycles. The van der Waals surface area contributed by atoms with Gasteiger partial charge in [-0.1, -0.05) is 27.7 Å². The molecule has 1 amide bonds. The van der Waals surface area contributed by atoms with Crippen molar-refractivity contribution in [3.05, 3.63) is 0 Å². The third-order valence-electron chi connectivity index (χ3n) is 4.52. The zero-order valence-corrected chi connectivity index (χ0v) is 10.2. The van der Waals surface area contributed by atoms with E-state index in [1.807, 2.05) is 0 Å². The van der Waals surface area contributed by atoms with E-state index in [1.54, 1.807) is 5.06 Å². The molecule has 1 saturated heterocycles. The molecule has 0 bridgehead atoms. The summed E-state index contributed by atoms with van der Waals surface area (Å²) in [5.41, 5.74) is 0.232. The summed E-state index contributed by atoms with van der Waals surface area (Å²) in [6, 6.07) is 0. The van der Waals surface area contributed by atoms with Crippen molar-refractivity contribution in [1.29, 1.82) is 0 Å². The van der Waals surface area contributed by atoms with Gasteiger partial charge in [0.2, 0.25) is 5.91 Å². The van der Waals surface area contributed by atoms with Gasteiger partial charge in [0, 0.05) is 6.54 Å². The molecular formula is C12H21NO2. The van der Waals surface area contributed by atoms with E-state index in [-0.39, 0.29) is 22.7 Å². The number of hydroxylamine groups is 2. The second kappa shape index (κ2) is 3.21.